The molecule has 2 aliphatic rings. The van der Waals surface area contributed by atoms with Gasteiger partial charge in [-0.25, -0.2) is 9.97 Å². The molecule has 202 valence electrons. The van der Waals surface area contributed by atoms with Crippen LogP contribution in [0.4, 0.5) is 5.82 Å². The van der Waals surface area contributed by atoms with Crippen molar-refractivity contribution in [1.82, 2.24) is 34.6 Å². The number of fused-ring (bicyclic) bond motifs is 1. The first-order valence-electron chi connectivity index (χ1n) is 13.1. The highest BCUT2D eigenvalue weighted by Gasteiger charge is 2.49. The second-order valence-corrected chi connectivity index (χ2v) is 10.6. The molecule has 2 aliphatic heterocycles. The minimum atomic E-state index is -0.0540. The summed E-state index contributed by atoms with van der Waals surface area (Å²) in [6.45, 7) is 10.3. The maximum absolute atomic E-state index is 12.1. The fraction of sp³-hybridized carbons (Fsp3) is 0.345. The summed E-state index contributed by atoms with van der Waals surface area (Å²) in [7, 11) is 1.88. The monoisotopic (exact) mass is 535 g/mol. The Morgan fingerprint density at radius 1 is 1.18 bits per heavy atom. The molecule has 4 aromatic rings. The van der Waals surface area contributed by atoms with Gasteiger partial charge in [0.15, 0.2) is 5.82 Å². The molecule has 0 N–H and O–H groups in total. The zero-order chi connectivity index (χ0) is 28.0. The lowest BCUT2D eigenvalue weighted by molar-refractivity contribution is -0.136. The van der Waals surface area contributed by atoms with Crippen LogP contribution in [0.3, 0.4) is 0 Å². The van der Waals surface area contributed by atoms with Crippen molar-refractivity contribution < 1.29 is 9.53 Å². The lowest BCUT2D eigenvalue weighted by Gasteiger charge is -2.47. The number of ether oxygens (including phenoxy) is 1. The van der Waals surface area contributed by atoms with Gasteiger partial charge in [-0.05, 0) is 31.9 Å². The summed E-state index contributed by atoms with van der Waals surface area (Å²) >= 11 is 0. The Morgan fingerprint density at radius 2 is 1.95 bits per heavy atom. The summed E-state index contributed by atoms with van der Waals surface area (Å²) in [6.07, 6.45) is 7.48. The topological polar surface area (TPSA) is 126 Å². The summed E-state index contributed by atoms with van der Waals surface area (Å²) in [5.74, 6) is 1.16. The van der Waals surface area contributed by atoms with Crippen molar-refractivity contribution in [2.24, 2.45) is 12.5 Å². The third-order valence-electron chi connectivity index (χ3n) is 7.81. The molecule has 2 saturated heterocycles. The molecule has 1 amide bonds. The highest BCUT2D eigenvalue weighted by Crippen LogP contribution is 2.43. The van der Waals surface area contributed by atoms with E-state index in [0.29, 0.717) is 49.1 Å². The highest BCUT2D eigenvalue weighted by molar-refractivity contribution is 5.97. The summed E-state index contributed by atoms with van der Waals surface area (Å²) in [5, 5.41) is 15.9. The van der Waals surface area contributed by atoms with E-state index in [-0.39, 0.29) is 23.9 Å². The summed E-state index contributed by atoms with van der Waals surface area (Å²) in [6, 6.07) is 6.59. The van der Waals surface area contributed by atoms with Crippen LogP contribution in [0, 0.1) is 30.6 Å². The fourth-order valence-electron chi connectivity index (χ4n) is 5.74. The summed E-state index contributed by atoms with van der Waals surface area (Å²) < 4.78 is 7.89. The number of likely N-dealkylation sites (tertiary alicyclic amines) is 1. The Hall–Kier alpha value is -4.85. The number of aromatic nitrogens is 6. The Bertz CT molecular complexity index is 1680. The van der Waals surface area contributed by atoms with Crippen LogP contribution in [-0.4, -0.2) is 66.7 Å². The van der Waals surface area contributed by atoms with Gasteiger partial charge >= 0.3 is 6.01 Å². The second-order valence-electron chi connectivity index (χ2n) is 10.6. The summed E-state index contributed by atoms with van der Waals surface area (Å²) in [4.78, 5) is 34.1. The number of benzene rings is 1. The lowest BCUT2D eigenvalue weighted by atomic mass is 9.79. The van der Waals surface area contributed by atoms with Crippen molar-refractivity contribution in [3.8, 4) is 23.3 Å². The second kappa shape index (κ2) is 9.72. The van der Waals surface area contributed by atoms with Gasteiger partial charge in [0.05, 0.1) is 17.4 Å². The van der Waals surface area contributed by atoms with Gasteiger partial charge in [-0.1, -0.05) is 18.7 Å². The molecule has 0 aliphatic carbocycles. The molecular weight excluding hydrogens is 506 g/mol. The molecule has 11 nitrogen and oxygen atoms in total. The first-order valence-corrected chi connectivity index (χ1v) is 13.1. The third kappa shape index (κ3) is 4.31. The molecule has 0 unspecified atom stereocenters. The third-order valence-corrected chi connectivity index (χ3v) is 7.81. The van der Waals surface area contributed by atoms with E-state index < -0.39 is 0 Å². The van der Waals surface area contributed by atoms with Crippen molar-refractivity contribution in [3.05, 3.63) is 65.9 Å². The van der Waals surface area contributed by atoms with Crippen molar-refractivity contribution >= 4 is 22.6 Å². The number of amides is 1. The number of rotatable bonds is 6. The highest BCUT2D eigenvalue weighted by atomic mass is 16.5. The van der Waals surface area contributed by atoms with Gasteiger partial charge in [0.2, 0.25) is 5.91 Å². The number of carbonyl (C=O) groups is 1. The van der Waals surface area contributed by atoms with E-state index in [1.807, 2.05) is 33.0 Å². The number of nitriles is 1. The van der Waals surface area contributed by atoms with Gasteiger partial charge in [0, 0.05) is 67.5 Å². The number of hydrogen-bond acceptors (Lipinski definition) is 9. The zero-order valence-electron chi connectivity index (χ0n) is 22.8. The predicted molar refractivity (Wildman–Crippen MR) is 148 cm³/mol. The van der Waals surface area contributed by atoms with E-state index >= 15 is 0 Å². The van der Waals surface area contributed by atoms with E-state index in [0.717, 1.165) is 34.0 Å². The molecule has 6 rings (SSSR count). The molecule has 11 heteroatoms. The van der Waals surface area contributed by atoms with Crippen molar-refractivity contribution in [2.45, 2.75) is 26.9 Å². The Kier molecular flexibility index (Phi) is 6.18. The van der Waals surface area contributed by atoms with E-state index in [2.05, 4.69) is 32.6 Å². The zero-order valence-corrected chi connectivity index (χ0v) is 22.8. The smallest absolute Gasteiger partial charge is 0.319 e. The van der Waals surface area contributed by atoms with E-state index in [1.165, 1.54) is 6.08 Å². The van der Waals surface area contributed by atoms with E-state index in [9.17, 15) is 10.1 Å². The van der Waals surface area contributed by atoms with Crippen LogP contribution >= 0.6 is 0 Å². The summed E-state index contributed by atoms with van der Waals surface area (Å²) in [5.41, 5.74) is 4.31. The number of carbonyl (C=O) groups excluding carboxylic acids is 1. The van der Waals surface area contributed by atoms with Gasteiger partial charge in [0.1, 0.15) is 24.1 Å². The van der Waals surface area contributed by atoms with Crippen molar-refractivity contribution in [1.29, 1.82) is 5.26 Å². The van der Waals surface area contributed by atoms with Gasteiger partial charge < -0.3 is 14.5 Å². The van der Waals surface area contributed by atoms with Crippen LogP contribution in [0.5, 0.6) is 6.01 Å². The van der Waals surface area contributed by atoms with Crippen LogP contribution in [0.1, 0.15) is 28.9 Å². The molecule has 5 heterocycles. The molecule has 3 aromatic heterocycles. The minimum absolute atomic E-state index is 0.0330. The van der Waals surface area contributed by atoms with Gasteiger partial charge in [0.25, 0.3) is 0 Å². The largest absolute Gasteiger partial charge is 0.458 e. The maximum Gasteiger partial charge on any atom is 0.319 e. The molecule has 0 bridgehead atoms. The fourth-order valence-corrected chi connectivity index (χ4v) is 5.74. The van der Waals surface area contributed by atoms with Crippen LogP contribution in [-0.2, 0) is 18.4 Å². The number of nitrogens with zero attached hydrogens (tertiary/aromatic N) is 9. The van der Waals surface area contributed by atoms with E-state index in [4.69, 9.17) is 14.7 Å². The number of aryl methyl sites for hydroxylation is 3. The molecule has 1 aromatic carbocycles. The van der Waals surface area contributed by atoms with Crippen molar-refractivity contribution in [2.75, 3.05) is 31.1 Å². The van der Waals surface area contributed by atoms with Crippen LogP contribution in [0.15, 0.2) is 43.4 Å². The van der Waals surface area contributed by atoms with Gasteiger partial charge in [-0.3, -0.25) is 9.48 Å². The predicted octanol–water partition coefficient (Wildman–Crippen LogP) is 3.11. The average molecular weight is 536 g/mol. The molecule has 1 spiro atoms. The Morgan fingerprint density at radius 3 is 2.67 bits per heavy atom. The normalized spacial score (nSPS) is 15.8. The quantitative estimate of drug-likeness (QED) is 0.342. The molecule has 2 fully saturated rings. The van der Waals surface area contributed by atoms with Crippen LogP contribution in [0.25, 0.3) is 22.2 Å². The van der Waals surface area contributed by atoms with Crippen LogP contribution < -0.4 is 9.64 Å². The van der Waals surface area contributed by atoms with Crippen molar-refractivity contribution in [3.63, 3.8) is 0 Å². The molecular formula is C29H29N9O2. The first-order chi connectivity index (χ1) is 19.3. The Balaban J connectivity index is 1.43. The maximum atomic E-state index is 12.1. The molecule has 40 heavy (non-hydrogen) atoms. The minimum Gasteiger partial charge on any atom is -0.458 e. The van der Waals surface area contributed by atoms with Crippen LogP contribution in [0.2, 0.25) is 0 Å². The molecule has 0 radical (unpaired) electrons. The number of hydrogen-bond donors (Lipinski definition) is 0. The molecule has 0 saturated carbocycles. The van der Waals surface area contributed by atoms with Gasteiger partial charge in [-0.15, -0.1) is 0 Å². The first kappa shape index (κ1) is 25.4. The molecule has 0 atom stereocenters. The number of anilines is 1. The average Bonchev–Trinajstić information content (AvgIpc) is 3.55. The van der Waals surface area contributed by atoms with E-state index in [1.54, 1.807) is 28.2 Å². The lowest BCUT2D eigenvalue weighted by Crippen LogP contribution is -2.59. The van der Waals surface area contributed by atoms with Gasteiger partial charge in [-0.2, -0.15) is 20.3 Å². The Labute approximate surface area is 231 Å². The SMILES string of the molecule is C=CC(=O)N1CC2(CCN(c3nc(OCc4cnc(C)nc4)nc(-c4c(C)ccc5cnn(C)c45)c3C#N)C2)C1. The standard InChI is InChI=1S/C29H29N9O2/c1-5-23(39)38-16-29(17-38)8-9-37(15-29)27-22(10-30)25(24-18(2)6-7-21-13-33-36(4)26(21)24)34-28(35-27)40-14-20-11-31-19(3)32-12-20/h5-7,11-13H,1,8-9,14-17H2,2-4H3.